The first-order valence-corrected chi connectivity index (χ1v) is 7.64. The van der Waals surface area contributed by atoms with Crippen molar-refractivity contribution in [3.63, 3.8) is 0 Å². The van der Waals surface area contributed by atoms with E-state index >= 15 is 0 Å². The van der Waals surface area contributed by atoms with Crippen molar-refractivity contribution < 1.29 is 4.79 Å². The molecule has 1 atom stereocenters. The topological polar surface area (TPSA) is 52.2 Å². The van der Waals surface area contributed by atoms with Crippen molar-refractivity contribution >= 4 is 5.91 Å². The lowest BCUT2D eigenvalue weighted by Gasteiger charge is -2.36. The Balaban J connectivity index is 1.54. The number of likely N-dealkylation sites (tertiary alicyclic amines) is 2. The van der Waals surface area contributed by atoms with E-state index in [4.69, 9.17) is 0 Å². The highest BCUT2D eigenvalue weighted by Crippen LogP contribution is 2.29. The van der Waals surface area contributed by atoms with Crippen molar-refractivity contribution in [2.45, 2.75) is 45.1 Å². The lowest BCUT2D eigenvalue weighted by molar-refractivity contribution is -0.130. The summed E-state index contributed by atoms with van der Waals surface area (Å²) in [7, 11) is 0. The Morgan fingerprint density at radius 1 is 1.30 bits per heavy atom. The van der Waals surface area contributed by atoms with Crippen LogP contribution >= 0.6 is 0 Å². The number of carbonyl (C=O) groups excluding carboxylic acids is 1. The second-order valence-electron chi connectivity index (χ2n) is 6.17. The number of rotatable bonds is 2. The fourth-order valence-corrected chi connectivity index (χ4v) is 3.53. The van der Waals surface area contributed by atoms with Crippen LogP contribution in [-0.4, -0.2) is 57.9 Å². The van der Waals surface area contributed by atoms with Crippen LogP contribution in [0, 0.1) is 6.92 Å². The number of nitrogens with zero attached hydrogens (tertiary/aromatic N) is 3. The maximum Gasteiger partial charge on any atom is 0.219 e. The van der Waals surface area contributed by atoms with E-state index in [0.717, 1.165) is 50.5 Å². The summed E-state index contributed by atoms with van der Waals surface area (Å²) < 4.78 is 0. The Bertz CT molecular complexity index is 476. The standard InChI is InChI=1S/C15H24N4O/c1-11-9-16-15(17-11)13-3-6-19(10-13)14-4-7-18(8-5-14)12(2)20/h9,13-14H,3-8,10H2,1-2H3,(H,16,17)/t13-/m1/s1. The van der Waals surface area contributed by atoms with Gasteiger partial charge in [0.2, 0.25) is 5.91 Å². The number of aromatic nitrogens is 2. The van der Waals surface area contributed by atoms with Gasteiger partial charge in [0.05, 0.1) is 0 Å². The van der Waals surface area contributed by atoms with Crippen molar-refractivity contribution in [3.8, 4) is 0 Å². The number of nitrogens with one attached hydrogen (secondary N) is 1. The van der Waals surface area contributed by atoms with Crippen molar-refractivity contribution in [3.05, 3.63) is 17.7 Å². The van der Waals surface area contributed by atoms with Crippen LogP contribution in [0.2, 0.25) is 0 Å². The first-order valence-electron chi connectivity index (χ1n) is 7.64. The Morgan fingerprint density at radius 2 is 2.05 bits per heavy atom. The minimum Gasteiger partial charge on any atom is -0.346 e. The Labute approximate surface area is 120 Å². The number of amides is 1. The van der Waals surface area contributed by atoms with Crippen LogP contribution in [0.5, 0.6) is 0 Å². The predicted molar refractivity (Wildman–Crippen MR) is 77.5 cm³/mol. The number of aryl methyl sites for hydroxylation is 1. The molecular formula is C15H24N4O. The molecule has 0 aliphatic carbocycles. The summed E-state index contributed by atoms with van der Waals surface area (Å²) in [6, 6.07) is 0.645. The van der Waals surface area contributed by atoms with E-state index in [0.29, 0.717) is 12.0 Å². The van der Waals surface area contributed by atoms with E-state index in [1.54, 1.807) is 6.92 Å². The average molecular weight is 276 g/mol. The highest BCUT2D eigenvalue weighted by molar-refractivity contribution is 5.73. The molecule has 0 spiro atoms. The molecule has 5 heteroatoms. The summed E-state index contributed by atoms with van der Waals surface area (Å²) in [5, 5.41) is 0. The molecule has 0 unspecified atom stereocenters. The third-order valence-electron chi connectivity index (χ3n) is 4.76. The lowest BCUT2D eigenvalue weighted by atomic mass is 10.0. The van der Waals surface area contributed by atoms with Gasteiger partial charge in [0, 0.05) is 50.4 Å². The van der Waals surface area contributed by atoms with E-state index in [-0.39, 0.29) is 5.91 Å². The first-order chi connectivity index (χ1) is 9.63. The van der Waals surface area contributed by atoms with Crippen LogP contribution in [0.15, 0.2) is 6.20 Å². The van der Waals surface area contributed by atoms with Crippen LogP contribution in [0.4, 0.5) is 0 Å². The van der Waals surface area contributed by atoms with E-state index in [2.05, 4.69) is 21.8 Å². The zero-order valence-electron chi connectivity index (χ0n) is 12.4. The fourth-order valence-electron chi connectivity index (χ4n) is 3.53. The molecule has 1 amide bonds. The van der Waals surface area contributed by atoms with Gasteiger partial charge in [0.25, 0.3) is 0 Å². The van der Waals surface area contributed by atoms with Gasteiger partial charge in [0.1, 0.15) is 5.82 Å². The summed E-state index contributed by atoms with van der Waals surface area (Å²) in [6.07, 6.45) is 5.34. The Kier molecular flexibility index (Phi) is 3.78. The molecular weight excluding hydrogens is 252 g/mol. The second kappa shape index (κ2) is 5.56. The van der Waals surface area contributed by atoms with E-state index in [1.165, 1.54) is 6.42 Å². The van der Waals surface area contributed by atoms with Crippen LogP contribution in [0.3, 0.4) is 0 Å². The van der Waals surface area contributed by atoms with Gasteiger partial charge >= 0.3 is 0 Å². The molecule has 0 radical (unpaired) electrons. The van der Waals surface area contributed by atoms with Crippen molar-refractivity contribution in [2.24, 2.45) is 0 Å². The molecule has 2 aliphatic heterocycles. The van der Waals surface area contributed by atoms with Gasteiger partial charge in [-0.1, -0.05) is 0 Å². The molecule has 5 nitrogen and oxygen atoms in total. The summed E-state index contributed by atoms with van der Waals surface area (Å²) in [6.45, 7) is 7.83. The number of hydrogen-bond donors (Lipinski definition) is 1. The molecule has 0 aromatic carbocycles. The highest BCUT2D eigenvalue weighted by atomic mass is 16.2. The zero-order valence-corrected chi connectivity index (χ0v) is 12.4. The van der Waals surface area contributed by atoms with Gasteiger partial charge in [-0.15, -0.1) is 0 Å². The minimum absolute atomic E-state index is 0.216. The molecule has 0 saturated carbocycles. The van der Waals surface area contributed by atoms with Gasteiger partial charge in [-0.05, 0) is 32.7 Å². The number of piperidine rings is 1. The molecule has 20 heavy (non-hydrogen) atoms. The normalized spacial score (nSPS) is 25.3. The summed E-state index contributed by atoms with van der Waals surface area (Å²) >= 11 is 0. The molecule has 110 valence electrons. The first kappa shape index (κ1) is 13.6. The third-order valence-corrected chi connectivity index (χ3v) is 4.76. The Hall–Kier alpha value is -1.36. The maximum absolute atomic E-state index is 11.4. The molecule has 3 heterocycles. The third kappa shape index (κ3) is 2.73. The van der Waals surface area contributed by atoms with Crippen LogP contribution in [-0.2, 0) is 4.79 Å². The number of H-pyrrole nitrogens is 1. The highest BCUT2D eigenvalue weighted by Gasteiger charge is 2.32. The van der Waals surface area contributed by atoms with Crippen LogP contribution < -0.4 is 0 Å². The van der Waals surface area contributed by atoms with Gasteiger partial charge in [0.15, 0.2) is 0 Å². The van der Waals surface area contributed by atoms with Crippen LogP contribution in [0.1, 0.15) is 43.6 Å². The number of hydrogen-bond acceptors (Lipinski definition) is 3. The predicted octanol–water partition coefficient (Wildman–Crippen LogP) is 1.52. The second-order valence-corrected chi connectivity index (χ2v) is 6.17. The molecule has 3 rings (SSSR count). The minimum atomic E-state index is 0.216. The Morgan fingerprint density at radius 3 is 2.65 bits per heavy atom. The van der Waals surface area contributed by atoms with E-state index in [1.807, 2.05) is 11.1 Å². The molecule has 1 aromatic rings. The molecule has 1 N–H and O–H groups in total. The fraction of sp³-hybridized carbons (Fsp3) is 0.733. The number of aromatic amines is 1. The quantitative estimate of drug-likeness (QED) is 0.891. The number of carbonyl (C=O) groups is 1. The van der Waals surface area contributed by atoms with Gasteiger partial charge in [-0.2, -0.15) is 0 Å². The average Bonchev–Trinajstić information content (AvgIpc) is 3.07. The number of imidazole rings is 1. The summed E-state index contributed by atoms with van der Waals surface area (Å²) in [5.74, 6) is 1.91. The molecule has 2 saturated heterocycles. The monoisotopic (exact) mass is 276 g/mol. The molecule has 1 aromatic heterocycles. The summed E-state index contributed by atoms with van der Waals surface area (Å²) in [4.78, 5) is 23.8. The summed E-state index contributed by atoms with van der Waals surface area (Å²) in [5.41, 5.74) is 1.15. The van der Waals surface area contributed by atoms with Crippen LogP contribution in [0.25, 0.3) is 0 Å². The van der Waals surface area contributed by atoms with Gasteiger partial charge in [-0.25, -0.2) is 4.98 Å². The van der Waals surface area contributed by atoms with Gasteiger partial charge < -0.3 is 9.88 Å². The lowest BCUT2D eigenvalue weighted by Crippen LogP contribution is -2.45. The van der Waals surface area contributed by atoms with Crippen molar-refractivity contribution in [1.29, 1.82) is 0 Å². The van der Waals surface area contributed by atoms with Crippen molar-refractivity contribution in [1.82, 2.24) is 19.8 Å². The smallest absolute Gasteiger partial charge is 0.219 e. The van der Waals surface area contributed by atoms with E-state index in [9.17, 15) is 4.79 Å². The largest absolute Gasteiger partial charge is 0.346 e. The van der Waals surface area contributed by atoms with Crippen molar-refractivity contribution in [2.75, 3.05) is 26.2 Å². The zero-order chi connectivity index (χ0) is 14.1. The SMILES string of the molecule is CC(=O)N1CCC(N2CC[C@@H](c3ncc(C)[nH]3)C2)CC1. The molecule has 0 bridgehead atoms. The maximum atomic E-state index is 11.4. The van der Waals surface area contributed by atoms with E-state index < -0.39 is 0 Å². The molecule has 2 aliphatic rings. The molecule has 2 fully saturated rings. The van der Waals surface area contributed by atoms with Gasteiger partial charge in [-0.3, -0.25) is 9.69 Å².